The quantitative estimate of drug-likeness (QED) is 0.0320. The van der Waals surface area contributed by atoms with Crippen molar-refractivity contribution in [1.82, 2.24) is 5.32 Å². The SMILES string of the molecule is CCCCCCCC/C=C\CCCCCCCCCCCC(=O)OCCCCCCCCCCC/C=C\C/C=C\CCCCCCCCCCCCCCCC(=O)NC(CO)C(O)CCCCCCCCCCCCCCC. The Balaban J connectivity index is 3.38. The van der Waals surface area contributed by atoms with Crippen molar-refractivity contribution in [3.63, 3.8) is 0 Å². The molecule has 6 heteroatoms. The van der Waals surface area contributed by atoms with Crippen LogP contribution in [0.25, 0.3) is 0 Å². The lowest BCUT2D eigenvalue weighted by Gasteiger charge is -2.22. The van der Waals surface area contributed by atoms with Crippen LogP contribution < -0.4 is 5.32 Å². The third-order valence-corrected chi connectivity index (χ3v) is 16.4. The summed E-state index contributed by atoms with van der Waals surface area (Å²) in [6.45, 7) is 4.97. The Kier molecular flexibility index (Phi) is 65.9. The highest BCUT2D eigenvalue weighted by molar-refractivity contribution is 5.76. The molecule has 0 aliphatic carbocycles. The van der Waals surface area contributed by atoms with E-state index in [9.17, 15) is 19.8 Å². The van der Waals surface area contributed by atoms with Crippen molar-refractivity contribution in [2.45, 2.75) is 398 Å². The van der Waals surface area contributed by atoms with Crippen molar-refractivity contribution in [1.29, 1.82) is 0 Å². The zero-order valence-corrected chi connectivity index (χ0v) is 52.7. The van der Waals surface area contributed by atoms with E-state index in [0.717, 1.165) is 51.4 Å². The first-order valence-electron chi connectivity index (χ1n) is 35.2. The summed E-state index contributed by atoms with van der Waals surface area (Å²) in [6.07, 6.45) is 86.2. The highest BCUT2D eigenvalue weighted by atomic mass is 16.5. The number of hydrogen-bond acceptors (Lipinski definition) is 5. The fourth-order valence-electron chi connectivity index (χ4n) is 11.0. The molecule has 2 unspecified atom stereocenters. The maximum atomic E-state index is 12.5. The van der Waals surface area contributed by atoms with Crippen molar-refractivity contribution in [3.05, 3.63) is 36.5 Å². The number of hydrogen-bond donors (Lipinski definition) is 3. The fourth-order valence-corrected chi connectivity index (χ4v) is 11.0. The average molecular weight is 1100 g/mol. The number of esters is 1. The highest BCUT2D eigenvalue weighted by Gasteiger charge is 2.20. The molecule has 0 spiro atoms. The molecular formula is C72H137NO5. The largest absolute Gasteiger partial charge is 0.466 e. The summed E-state index contributed by atoms with van der Waals surface area (Å²) < 4.78 is 5.50. The van der Waals surface area contributed by atoms with Gasteiger partial charge in [0.15, 0.2) is 0 Å². The van der Waals surface area contributed by atoms with Gasteiger partial charge < -0.3 is 20.3 Å². The number of carbonyl (C=O) groups is 2. The van der Waals surface area contributed by atoms with Gasteiger partial charge in [0.2, 0.25) is 5.91 Å². The lowest BCUT2D eigenvalue weighted by Crippen LogP contribution is -2.45. The van der Waals surface area contributed by atoms with Crippen LogP contribution in [0.4, 0.5) is 0 Å². The van der Waals surface area contributed by atoms with Crippen LogP contribution >= 0.6 is 0 Å². The molecule has 0 saturated heterocycles. The monoisotopic (exact) mass is 1100 g/mol. The van der Waals surface area contributed by atoms with Crippen molar-refractivity contribution in [2.24, 2.45) is 0 Å². The second-order valence-corrected chi connectivity index (χ2v) is 24.2. The van der Waals surface area contributed by atoms with Crippen LogP contribution in [0, 0.1) is 0 Å². The number of aliphatic hydroxyl groups excluding tert-OH is 2. The Morgan fingerprint density at radius 1 is 0.359 bits per heavy atom. The standard InChI is InChI=1S/C72H137NO5/c1-3-5-7-9-11-13-15-17-18-19-31-35-38-42-46-50-54-58-62-66-72(77)78-67-63-59-55-51-47-43-39-36-33-30-28-26-24-22-20-21-23-25-27-29-32-34-37-41-45-49-53-57-61-65-71(76)73-69(68-74)70(75)64-60-56-52-48-44-40-16-14-12-10-8-6-4-2/h17-18,20,22,26,28,69-70,74-75H,3-16,19,21,23-25,27,29-68H2,1-2H3,(H,73,76)/b18-17-,22-20-,28-26-. The number of carbonyl (C=O) groups excluding carboxylic acids is 2. The van der Waals surface area contributed by atoms with Gasteiger partial charge in [-0.3, -0.25) is 9.59 Å². The molecule has 460 valence electrons. The normalized spacial score (nSPS) is 12.7. The van der Waals surface area contributed by atoms with E-state index >= 15 is 0 Å². The number of allylic oxidation sites excluding steroid dienone is 6. The van der Waals surface area contributed by atoms with Gasteiger partial charge in [0, 0.05) is 12.8 Å². The molecule has 0 aliphatic rings. The zero-order valence-electron chi connectivity index (χ0n) is 52.7. The molecular weight excluding hydrogens is 959 g/mol. The van der Waals surface area contributed by atoms with Crippen LogP contribution in [0.2, 0.25) is 0 Å². The number of aliphatic hydroxyl groups is 2. The number of amides is 1. The number of ether oxygens (including phenoxy) is 1. The summed E-state index contributed by atoms with van der Waals surface area (Å²) in [7, 11) is 0. The molecule has 0 bridgehead atoms. The fraction of sp³-hybridized carbons (Fsp3) is 0.889. The summed E-state index contributed by atoms with van der Waals surface area (Å²) >= 11 is 0. The summed E-state index contributed by atoms with van der Waals surface area (Å²) in [5.74, 6) is -0.0225. The molecule has 2 atom stereocenters. The first kappa shape index (κ1) is 76.1. The minimum atomic E-state index is -0.664. The molecule has 0 saturated carbocycles. The van der Waals surface area contributed by atoms with Gasteiger partial charge in [-0.2, -0.15) is 0 Å². The summed E-state index contributed by atoms with van der Waals surface area (Å²) in [5, 5.41) is 23.3. The Morgan fingerprint density at radius 2 is 0.641 bits per heavy atom. The van der Waals surface area contributed by atoms with E-state index in [1.807, 2.05) is 0 Å². The molecule has 0 rings (SSSR count). The van der Waals surface area contributed by atoms with Gasteiger partial charge in [-0.05, 0) is 83.5 Å². The van der Waals surface area contributed by atoms with Gasteiger partial charge in [-0.15, -0.1) is 0 Å². The lowest BCUT2D eigenvalue weighted by molar-refractivity contribution is -0.143. The third-order valence-electron chi connectivity index (χ3n) is 16.4. The Labute approximate surface area is 487 Å². The minimum absolute atomic E-state index is 0.0120. The van der Waals surface area contributed by atoms with E-state index in [4.69, 9.17) is 4.74 Å². The summed E-state index contributed by atoms with van der Waals surface area (Å²) in [6, 6.07) is -0.542. The smallest absolute Gasteiger partial charge is 0.305 e. The van der Waals surface area contributed by atoms with E-state index in [-0.39, 0.29) is 18.5 Å². The minimum Gasteiger partial charge on any atom is -0.466 e. The molecule has 0 radical (unpaired) electrons. The second-order valence-electron chi connectivity index (χ2n) is 24.2. The van der Waals surface area contributed by atoms with Gasteiger partial charge in [-0.1, -0.05) is 326 Å². The van der Waals surface area contributed by atoms with E-state index < -0.39 is 12.1 Å². The van der Waals surface area contributed by atoms with Gasteiger partial charge in [-0.25, -0.2) is 0 Å². The van der Waals surface area contributed by atoms with E-state index in [0.29, 0.717) is 25.9 Å². The molecule has 0 fully saturated rings. The molecule has 78 heavy (non-hydrogen) atoms. The maximum absolute atomic E-state index is 12.5. The van der Waals surface area contributed by atoms with Crippen LogP contribution in [0.1, 0.15) is 386 Å². The molecule has 0 aromatic carbocycles. The predicted octanol–water partition coefficient (Wildman–Crippen LogP) is 22.7. The lowest BCUT2D eigenvalue weighted by atomic mass is 10.0. The van der Waals surface area contributed by atoms with Crippen molar-refractivity contribution in [2.75, 3.05) is 13.2 Å². The molecule has 1 amide bonds. The molecule has 0 heterocycles. The predicted molar refractivity (Wildman–Crippen MR) is 343 cm³/mol. The Hall–Kier alpha value is -1.92. The first-order chi connectivity index (χ1) is 38.5. The van der Waals surface area contributed by atoms with Gasteiger partial charge >= 0.3 is 5.97 Å². The van der Waals surface area contributed by atoms with Crippen LogP contribution in [0.3, 0.4) is 0 Å². The van der Waals surface area contributed by atoms with Crippen LogP contribution in [-0.4, -0.2) is 47.4 Å². The van der Waals surface area contributed by atoms with E-state index in [1.165, 1.54) is 302 Å². The number of unbranched alkanes of at least 4 members (excludes halogenated alkanes) is 49. The third kappa shape index (κ3) is 63.3. The Bertz CT molecular complexity index is 1260. The van der Waals surface area contributed by atoms with Crippen LogP contribution in [-0.2, 0) is 14.3 Å². The van der Waals surface area contributed by atoms with Crippen molar-refractivity contribution >= 4 is 11.9 Å². The Morgan fingerprint density at radius 3 is 0.987 bits per heavy atom. The maximum Gasteiger partial charge on any atom is 0.305 e. The second kappa shape index (κ2) is 67.6. The first-order valence-corrected chi connectivity index (χ1v) is 35.2. The number of nitrogens with one attached hydrogen (secondary N) is 1. The summed E-state index contributed by atoms with van der Waals surface area (Å²) in [5.41, 5.74) is 0. The van der Waals surface area contributed by atoms with Gasteiger partial charge in [0.1, 0.15) is 0 Å². The molecule has 0 aromatic heterocycles. The molecule has 3 N–H and O–H groups in total. The van der Waals surface area contributed by atoms with Crippen molar-refractivity contribution in [3.8, 4) is 0 Å². The highest BCUT2D eigenvalue weighted by Crippen LogP contribution is 2.18. The molecule has 6 nitrogen and oxygen atoms in total. The van der Waals surface area contributed by atoms with Crippen LogP contribution in [0.15, 0.2) is 36.5 Å². The summed E-state index contributed by atoms with van der Waals surface area (Å²) in [4.78, 5) is 24.6. The topological polar surface area (TPSA) is 95.9 Å². The van der Waals surface area contributed by atoms with E-state index in [1.54, 1.807) is 0 Å². The van der Waals surface area contributed by atoms with Crippen molar-refractivity contribution < 1.29 is 24.5 Å². The molecule has 0 aromatic rings. The zero-order chi connectivity index (χ0) is 56.4. The van der Waals surface area contributed by atoms with Crippen LogP contribution in [0.5, 0.6) is 0 Å². The van der Waals surface area contributed by atoms with E-state index in [2.05, 4.69) is 55.6 Å². The van der Waals surface area contributed by atoms with Gasteiger partial charge in [0.25, 0.3) is 0 Å². The van der Waals surface area contributed by atoms with Gasteiger partial charge in [0.05, 0.1) is 25.4 Å². The number of rotatable bonds is 66. The molecule has 0 aliphatic heterocycles. The average Bonchev–Trinajstić information content (AvgIpc) is 3.44.